The number of hydrogen-bond donors (Lipinski definition) is 4. The van der Waals surface area contributed by atoms with E-state index in [9.17, 15) is 10.2 Å². The number of pyridine rings is 1. The van der Waals surface area contributed by atoms with Gasteiger partial charge in [-0.1, -0.05) is 0 Å². The van der Waals surface area contributed by atoms with E-state index in [0.717, 1.165) is 0 Å². The summed E-state index contributed by atoms with van der Waals surface area (Å²) in [5.74, 6) is 0. The second-order valence-electron chi connectivity index (χ2n) is 3.41. The van der Waals surface area contributed by atoms with Gasteiger partial charge in [-0.05, 0) is 26.1 Å². The number of anilines is 1. The van der Waals surface area contributed by atoms with Crippen LogP contribution in [-0.2, 0) is 0 Å². The van der Waals surface area contributed by atoms with Gasteiger partial charge in [0, 0.05) is 11.8 Å². The van der Waals surface area contributed by atoms with Crippen LogP contribution in [0.4, 0.5) is 5.69 Å². The Hall–Kier alpha value is -1.17. The molecule has 0 aliphatic heterocycles. The van der Waals surface area contributed by atoms with Gasteiger partial charge in [-0.25, -0.2) is 0 Å². The Balaban J connectivity index is 2.67. The first-order valence-electron chi connectivity index (χ1n) is 4.87. The van der Waals surface area contributed by atoms with Crippen molar-refractivity contribution in [1.82, 2.24) is 10.3 Å². The van der Waals surface area contributed by atoms with E-state index in [0.29, 0.717) is 24.2 Å². The number of aliphatic hydroxyl groups excluding tert-OH is 2. The Morgan fingerprint density at radius 3 is 2.87 bits per heavy atom. The van der Waals surface area contributed by atoms with E-state index >= 15 is 0 Å². The topological polar surface area (TPSA) is 91.4 Å². The highest BCUT2D eigenvalue weighted by atomic mass is 16.3. The van der Waals surface area contributed by atoms with E-state index in [1.807, 2.05) is 0 Å². The highest BCUT2D eigenvalue weighted by molar-refractivity contribution is 5.45. The molecule has 1 heterocycles. The van der Waals surface area contributed by atoms with E-state index in [2.05, 4.69) is 10.3 Å². The monoisotopic (exact) mass is 211 g/mol. The van der Waals surface area contributed by atoms with Crippen LogP contribution in [0.5, 0.6) is 0 Å². The standard InChI is InChI=1S/C10H17N3O2/c1-12-4-3-9(14)10(15)7-2-5-13-6-8(7)11/h2,5-6,9-10,12,14-15H,3-4,11H2,1H3. The second-order valence-corrected chi connectivity index (χ2v) is 3.41. The van der Waals surface area contributed by atoms with Crippen LogP contribution < -0.4 is 11.1 Å². The maximum absolute atomic E-state index is 9.81. The Labute approximate surface area is 89.0 Å². The van der Waals surface area contributed by atoms with Crippen molar-refractivity contribution in [2.45, 2.75) is 18.6 Å². The number of hydrogen-bond acceptors (Lipinski definition) is 5. The largest absolute Gasteiger partial charge is 0.397 e. The van der Waals surface area contributed by atoms with Gasteiger partial charge in [0.2, 0.25) is 0 Å². The third-order valence-corrected chi connectivity index (χ3v) is 2.26. The summed E-state index contributed by atoms with van der Waals surface area (Å²) in [4.78, 5) is 3.82. The summed E-state index contributed by atoms with van der Waals surface area (Å²) in [5.41, 5.74) is 6.56. The lowest BCUT2D eigenvalue weighted by Gasteiger charge is -2.19. The first-order chi connectivity index (χ1) is 7.16. The summed E-state index contributed by atoms with van der Waals surface area (Å²) in [7, 11) is 1.79. The zero-order valence-corrected chi connectivity index (χ0v) is 8.72. The highest BCUT2D eigenvalue weighted by Crippen LogP contribution is 2.23. The molecule has 0 amide bonds. The molecule has 0 fully saturated rings. The number of nitrogens with one attached hydrogen (secondary N) is 1. The van der Waals surface area contributed by atoms with Crippen LogP contribution in [0.3, 0.4) is 0 Å². The molecular weight excluding hydrogens is 194 g/mol. The van der Waals surface area contributed by atoms with Crippen LogP contribution in [0.2, 0.25) is 0 Å². The summed E-state index contributed by atoms with van der Waals surface area (Å²) in [5, 5.41) is 22.4. The van der Waals surface area contributed by atoms with Gasteiger partial charge in [0.05, 0.1) is 18.0 Å². The number of rotatable bonds is 5. The number of aromatic nitrogens is 1. The van der Waals surface area contributed by atoms with Gasteiger partial charge >= 0.3 is 0 Å². The van der Waals surface area contributed by atoms with Crippen LogP contribution in [0.1, 0.15) is 18.1 Å². The average Bonchev–Trinajstić information content (AvgIpc) is 2.25. The third kappa shape index (κ3) is 3.16. The van der Waals surface area contributed by atoms with Crippen molar-refractivity contribution in [1.29, 1.82) is 0 Å². The molecular formula is C10H17N3O2. The zero-order chi connectivity index (χ0) is 11.3. The number of nitrogens with zero attached hydrogens (tertiary/aromatic N) is 1. The summed E-state index contributed by atoms with van der Waals surface area (Å²) in [6.45, 7) is 0.642. The van der Waals surface area contributed by atoms with E-state index in [-0.39, 0.29) is 0 Å². The highest BCUT2D eigenvalue weighted by Gasteiger charge is 2.19. The minimum Gasteiger partial charge on any atom is -0.397 e. The van der Waals surface area contributed by atoms with Gasteiger partial charge in [0.1, 0.15) is 6.10 Å². The Morgan fingerprint density at radius 1 is 1.53 bits per heavy atom. The normalized spacial score (nSPS) is 14.9. The molecule has 5 nitrogen and oxygen atoms in total. The van der Waals surface area contributed by atoms with Crippen molar-refractivity contribution in [2.24, 2.45) is 0 Å². The molecule has 1 rings (SSSR count). The Bertz CT molecular complexity index is 306. The quantitative estimate of drug-likeness (QED) is 0.535. The van der Waals surface area contributed by atoms with Gasteiger partial charge < -0.3 is 21.3 Å². The van der Waals surface area contributed by atoms with Crippen LogP contribution >= 0.6 is 0 Å². The first-order valence-corrected chi connectivity index (χ1v) is 4.87. The summed E-state index contributed by atoms with van der Waals surface area (Å²) in [6.07, 6.45) is 1.70. The van der Waals surface area contributed by atoms with Crippen molar-refractivity contribution in [3.8, 4) is 0 Å². The van der Waals surface area contributed by atoms with Gasteiger partial charge in [0.15, 0.2) is 0 Å². The van der Waals surface area contributed by atoms with Gasteiger partial charge in [-0.3, -0.25) is 4.98 Å². The predicted molar refractivity (Wildman–Crippen MR) is 58.2 cm³/mol. The molecule has 0 bridgehead atoms. The Kier molecular flexibility index (Phi) is 4.48. The lowest BCUT2D eigenvalue weighted by atomic mass is 10.0. The SMILES string of the molecule is CNCCC(O)C(O)c1ccncc1N. The third-order valence-electron chi connectivity index (χ3n) is 2.26. The fourth-order valence-corrected chi connectivity index (χ4v) is 1.34. The fraction of sp³-hybridized carbons (Fsp3) is 0.500. The van der Waals surface area contributed by atoms with Crippen molar-refractivity contribution in [3.05, 3.63) is 24.0 Å². The van der Waals surface area contributed by atoms with Crippen LogP contribution in [0.15, 0.2) is 18.5 Å². The molecule has 5 N–H and O–H groups in total. The lowest BCUT2D eigenvalue weighted by molar-refractivity contribution is 0.0144. The van der Waals surface area contributed by atoms with Crippen molar-refractivity contribution >= 4 is 5.69 Å². The number of aliphatic hydroxyl groups is 2. The predicted octanol–water partition coefficient (Wildman–Crippen LogP) is -0.332. The molecule has 0 spiro atoms. The fourth-order valence-electron chi connectivity index (χ4n) is 1.34. The van der Waals surface area contributed by atoms with Crippen LogP contribution in [-0.4, -0.2) is 34.9 Å². The molecule has 0 radical (unpaired) electrons. The molecule has 2 atom stereocenters. The molecule has 5 heteroatoms. The molecule has 0 aliphatic rings. The summed E-state index contributed by atoms with van der Waals surface area (Å²) in [6, 6.07) is 1.61. The first kappa shape index (κ1) is 11.9. The summed E-state index contributed by atoms with van der Waals surface area (Å²) >= 11 is 0. The second kappa shape index (κ2) is 5.65. The molecule has 0 aliphatic carbocycles. The average molecular weight is 211 g/mol. The number of nitrogens with two attached hydrogens (primary N) is 1. The van der Waals surface area contributed by atoms with Crippen LogP contribution in [0.25, 0.3) is 0 Å². The summed E-state index contributed by atoms with van der Waals surface area (Å²) < 4.78 is 0. The molecule has 2 unspecified atom stereocenters. The van der Waals surface area contributed by atoms with Gasteiger partial charge in [-0.2, -0.15) is 0 Å². The van der Waals surface area contributed by atoms with E-state index in [1.54, 1.807) is 19.3 Å². The molecule has 84 valence electrons. The molecule has 0 aromatic carbocycles. The van der Waals surface area contributed by atoms with E-state index in [4.69, 9.17) is 5.73 Å². The maximum Gasteiger partial charge on any atom is 0.107 e. The van der Waals surface area contributed by atoms with Gasteiger partial charge in [-0.15, -0.1) is 0 Å². The Morgan fingerprint density at radius 2 is 2.27 bits per heavy atom. The van der Waals surface area contributed by atoms with E-state index < -0.39 is 12.2 Å². The van der Waals surface area contributed by atoms with Crippen molar-refractivity contribution in [2.75, 3.05) is 19.3 Å². The van der Waals surface area contributed by atoms with Crippen molar-refractivity contribution < 1.29 is 10.2 Å². The minimum absolute atomic E-state index is 0.397. The minimum atomic E-state index is -0.957. The van der Waals surface area contributed by atoms with Gasteiger partial charge in [0.25, 0.3) is 0 Å². The molecule has 1 aromatic heterocycles. The maximum atomic E-state index is 9.81. The van der Waals surface area contributed by atoms with Crippen LogP contribution in [0, 0.1) is 0 Å². The number of nitrogen functional groups attached to an aromatic ring is 1. The molecule has 0 saturated heterocycles. The lowest BCUT2D eigenvalue weighted by Crippen LogP contribution is -2.24. The van der Waals surface area contributed by atoms with E-state index in [1.165, 1.54) is 6.20 Å². The molecule has 15 heavy (non-hydrogen) atoms. The van der Waals surface area contributed by atoms with Crippen molar-refractivity contribution in [3.63, 3.8) is 0 Å². The smallest absolute Gasteiger partial charge is 0.107 e. The zero-order valence-electron chi connectivity index (χ0n) is 8.72. The molecule has 0 saturated carbocycles. The molecule has 1 aromatic rings.